The van der Waals surface area contributed by atoms with Crippen LogP contribution in [0, 0.1) is 36.5 Å². The Morgan fingerprint density at radius 3 is 0.781 bits per heavy atom. The molecule has 2 aromatic carbocycles. The molecule has 2 aromatic rings. The fraction of sp³-hybridized carbons (Fsp3) is 0.462. The van der Waals surface area contributed by atoms with Gasteiger partial charge in [0.25, 0.3) is 0 Å². The number of hydrogen-bond donors (Lipinski definition) is 0. The lowest BCUT2D eigenvalue weighted by molar-refractivity contribution is -0.0334. The van der Waals surface area contributed by atoms with Crippen LogP contribution in [0.5, 0.6) is 0 Å². The van der Waals surface area contributed by atoms with Crippen molar-refractivity contribution < 1.29 is 18.9 Å². The second-order valence-corrected chi connectivity index (χ2v) is 6.21. The summed E-state index contributed by atoms with van der Waals surface area (Å²) >= 11 is 0. The second kappa shape index (κ2) is 28.3. The third-order valence-corrected chi connectivity index (χ3v) is 3.37. The molecule has 0 radical (unpaired) electrons. The molecule has 0 spiro atoms. The van der Waals surface area contributed by atoms with E-state index in [0.717, 1.165) is 52.9 Å². The van der Waals surface area contributed by atoms with E-state index in [1.165, 1.54) is 25.0 Å². The normalized spacial score (nSPS) is 13.3. The summed E-state index contributed by atoms with van der Waals surface area (Å²) in [4.78, 5) is 0. The predicted molar refractivity (Wildman–Crippen MR) is 128 cm³/mol. The van der Waals surface area contributed by atoms with Crippen molar-refractivity contribution in [3.05, 3.63) is 71.8 Å². The Morgan fingerprint density at radius 1 is 0.500 bits per heavy atom. The summed E-state index contributed by atoms with van der Waals surface area (Å²) in [5, 5.41) is 14.6. The van der Waals surface area contributed by atoms with Crippen LogP contribution in [0.25, 0.3) is 0 Å². The molecule has 6 nitrogen and oxygen atoms in total. The van der Waals surface area contributed by atoms with E-state index < -0.39 is 0 Å². The zero-order valence-corrected chi connectivity index (χ0v) is 20.0. The van der Waals surface area contributed by atoms with Gasteiger partial charge in [-0.2, -0.15) is 10.5 Å². The van der Waals surface area contributed by atoms with E-state index in [9.17, 15) is 0 Å². The average Bonchev–Trinajstić information content (AvgIpc) is 2.85. The summed E-state index contributed by atoms with van der Waals surface area (Å²) in [7, 11) is 0. The van der Waals surface area contributed by atoms with Gasteiger partial charge in [-0.3, -0.25) is 0 Å². The number of hydrogen-bond acceptors (Lipinski definition) is 6. The van der Waals surface area contributed by atoms with Gasteiger partial charge in [-0.1, -0.05) is 71.8 Å². The average molecular weight is 443 g/mol. The van der Waals surface area contributed by atoms with Gasteiger partial charge in [0.05, 0.1) is 65.0 Å². The van der Waals surface area contributed by atoms with Gasteiger partial charge < -0.3 is 18.9 Å². The van der Waals surface area contributed by atoms with E-state index in [1.54, 1.807) is 12.1 Å². The molecular weight excluding hydrogens is 404 g/mol. The van der Waals surface area contributed by atoms with Crippen molar-refractivity contribution in [2.45, 2.75) is 27.7 Å². The first-order valence-electron chi connectivity index (χ1n) is 10.6. The van der Waals surface area contributed by atoms with Crippen molar-refractivity contribution in [1.29, 1.82) is 10.5 Å². The second-order valence-electron chi connectivity index (χ2n) is 6.21. The molecule has 2 saturated heterocycles. The summed E-state index contributed by atoms with van der Waals surface area (Å²) in [6.07, 6.45) is 0. The van der Waals surface area contributed by atoms with Crippen LogP contribution in [0.3, 0.4) is 0 Å². The molecule has 2 aliphatic rings. The standard InChI is InChI=1S/2C7H8.2C4H8O2.2C2H3N/c2*1-7-5-3-2-4-6-7;2*1-2-6-4-3-5-1;2*1-2-3/h2*2-6H,1H3;2*1-4H2;2*1H3. The molecule has 0 aliphatic carbocycles. The van der Waals surface area contributed by atoms with Gasteiger partial charge >= 0.3 is 0 Å². The Labute approximate surface area is 194 Å². The minimum atomic E-state index is 0.778. The molecule has 2 aliphatic heterocycles. The van der Waals surface area contributed by atoms with Crippen LogP contribution in [-0.4, -0.2) is 52.9 Å². The Hall–Kier alpha value is -2.74. The first-order valence-corrected chi connectivity index (χ1v) is 10.6. The number of benzene rings is 2. The van der Waals surface area contributed by atoms with E-state index in [-0.39, 0.29) is 0 Å². The van der Waals surface area contributed by atoms with E-state index in [4.69, 9.17) is 29.5 Å². The molecule has 0 bridgehead atoms. The molecule has 0 aromatic heterocycles. The lowest BCUT2D eigenvalue weighted by Crippen LogP contribution is -2.16. The molecule has 4 rings (SSSR count). The van der Waals surface area contributed by atoms with Gasteiger partial charge in [0.1, 0.15) is 0 Å². The van der Waals surface area contributed by atoms with Gasteiger partial charge in [-0.15, -0.1) is 0 Å². The fourth-order valence-electron chi connectivity index (χ4n) is 1.95. The molecule has 0 amide bonds. The maximum Gasteiger partial charge on any atom is 0.0701 e. The first-order chi connectivity index (χ1) is 15.6. The third-order valence-electron chi connectivity index (χ3n) is 3.37. The molecule has 32 heavy (non-hydrogen) atoms. The first kappa shape index (κ1) is 31.4. The topological polar surface area (TPSA) is 84.5 Å². The van der Waals surface area contributed by atoms with Crippen molar-refractivity contribution in [2.24, 2.45) is 0 Å². The third kappa shape index (κ3) is 29.5. The highest BCUT2D eigenvalue weighted by Gasteiger charge is 1.94. The molecular formula is C26H38N2O4. The van der Waals surface area contributed by atoms with Crippen LogP contribution in [-0.2, 0) is 18.9 Å². The van der Waals surface area contributed by atoms with Crippen molar-refractivity contribution in [2.75, 3.05) is 52.9 Å². The maximum absolute atomic E-state index is 7.32. The number of nitrogens with zero attached hydrogens (tertiary/aromatic N) is 2. The zero-order chi connectivity index (χ0) is 24.1. The maximum atomic E-state index is 7.32. The highest BCUT2D eigenvalue weighted by molar-refractivity contribution is 5.12. The van der Waals surface area contributed by atoms with Crippen LogP contribution < -0.4 is 0 Å². The molecule has 6 heteroatoms. The van der Waals surface area contributed by atoms with Gasteiger partial charge in [0.15, 0.2) is 0 Å². The monoisotopic (exact) mass is 442 g/mol. The lowest BCUT2D eigenvalue weighted by atomic mass is 10.2. The van der Waals surface area contributed by atoms with E-state index in [1.807, 2.05) is 36.4 Å². The van der Waals surface area contributed by atoms with Crippen LogP contribution >= 0.6 is 0 Å². The van der Waals surface area contributed by atoms with E-state index >= 15 is 0 Å². The van der Waals surface area contributed by atoms with E-state index in [0.29, 0.717) is 0 Å². The fourth-order valence-corrected chi connectivity index (χ4v) is 1.95. The Bertz CT molecular complexity index is 590. The van der Waals surface area contributed by atoms with E-state index in [2.05, 4.69) is 38.1 Å². The number of aryl methyl sites for hydroxylation is 2. The molecule has 2 heterocycles. The zero-order valence-electron chi connectivity index (χ0n) is 20.0. The van der Waals surface area contributed by atoms with Crippen LogP contribution in [0.2, 0.25) is 0 Å². The Kier molecular flexibility index (Phi) is 27.8. The smallest absolute Gasteiger partial charge is 0.0701 e. The molecule has 0 unspecified atom stereocenters. The number of ether oxygens (including phenoxy) is 4. The Balaban J connectivity index is 0. The van der Waals surface area contributed by atoms with Gasteiger partial charge in [0.2, 0.25) is 0 Å². The van der Waals surface area contributed by atoms with Gasteiger partial charge in [0, 0.05) is 13.8 Å². The molecule has 176 valence electrons. The van der Waals surface area contributed by atoms with Crippen LogP contribution in [0.4, 0.5) is 0 Å². The summed E-state index contributed by atoms with van der Waals surface area (Å²) in [5.74, 6) is 0. The van der Waals surface area contributed by atoms with Crippen molar-refractivity contribution >= 4 is 0 Å². The van der Waals surface area contributed by atoms with Crippen molar-refractivity contribution in [1.82, 2.24) is 0 Å². The molecule has 0 saturated carbocycles. The van der Waals surface area contributed by atoms with Crippen LogP contribution in [0.15, 0.2) is 60.7 Å². The summed E-state index contributed by atoms with van der Waals surface area (Å²) in [5.41, 5.74) is 2.64. The summed E-state index contributed by atoms with van der Waals surface area (Å²) < 4.78 is 19.8. The SMILES string of the molecule is C1COCCO1.C1COCCO1.CC#N.CC#N.Cc1ccccc1.Cc1ccccc1. The highest BCUT2D eigenvalue weighted by atomic mass is 16.6. The predicted octanol–water partition coefficient (Wildman–Crippen LogP) is 5.12. The van der Waals surface area contributed by atoms with Crippen LogP contribution in [0.1, 0.15) is 25.0 Å². The van der Waals surface area contributed by atoms with Gasteiger partial charge in [-0.05, 0) is 13.8 Å². The largest absolute Gasteiger partial charge is 0.377 e. The van der Waals surface area contributed by atoms with Crippen molar-refractivity contribution in [3.63, 3.8) is 0 Å². The quantitative estimate of drug-likeness (QED) is 0.563. The summed E-state index contributed by atoms with van der Waals surface area (Å²) in [6, 6.07) is 24.0. The molecule has 0 atom stereocenters. The minimum Gasteiger partial charge on any atom is -0.377 e. The number of rotatable bonds is 0. The molecule has 2 fully saturated rings. The lowest BCUT2D eigenvalue weighted by Gasteiger charge is -2.09. The highest BCUT2D eigenvalue weighted by Crippen LogP contribution is 1.93. The molecule has 0 N–H and O–H groups in total. The summed E-state index contributed by atoms with van der Waals surface area (Å²) in [6.45, 7) is 13.3. The van der Waals surface area contributed by atoms with Crippen molar-refractivity contribution in [3.8, 4) is 12.1 Å². The number of nitriles is 2. The van der Waals surface area contributed by atoms with Gasteiger partial charge in [-0.25, -0.2) is 0 Å². The Morgan fingerprint density at radius 2 is 0.688 bits per heavy atom. The minimum absolute atomic E-state index is 0.778.